The van der Waals surface area contributed by atoms with Crippen LogP contribution in [0.15, 0.2) is 40.5 Å². The standard InChI is InChI=1S/C29H27ClF5N5O3S/c1-2-23(41)38-3-5-39(6-4-38)27-18-11-19(29(33,34)35)24(17-12-20(30)22(32)13-21(17)31)26-25(18)40(28(42)36-27)14-16(15-44-26)37-7-9-43-10-8-37/h2,11-13,16H,1,3-10,14-15H2. The molecule has 6 rings (SSSR count). The molecule has 3 aliphatic rings. The molecule has 0 aliphatic carbocycles. The quantitative estimate of drug-likeness (QED) is 0.230. The number of rotatable bonds is 4. The van der Waals surface area contributed by atoms with Gasteiger partial charge in [-0.3, -0.25) is 14.3 Å². The fourth-order valence-electron chi connectivity index (χ4n) is 6.02. The summed E-state index contributed by atoms with van der Waals surface area (Å²) in [4.78, 5) is 35.5. The molecule has 0 spiro atoms. The van der Waals surface area contributed by atoms with Crippen molar-refractivity contribution < 1.29 is 31.5 Å². The van der Waals surface area contributed by atoms with Gasteiger partial charge >= 0.3 is 11.9 Å². The summed E-state index contributed by atoms with van der Waals surface area (Å²) in [6.45, 7) is 6.66. The van der Waals surface area contributed by atoms with Crippen LogP contribution in [0.1, 0.15) is 5.56 Å². The summed E-state index contributed by atoms with van der Waals surface area (Å²) in [6, 6.07) is 1.94. The number of ether oxygens (including phenoxy) is 1. The highest BCUT2D eigenvalue weighted by Crippen LogP contribution is 2.49. The van der Waals surface area contributed by atoms with Crippen molar-refractivity contribution in [2.75, 3.05) is 63.1 Å². The first-order chi connectivity index (χ1) is 21.0. The Hall–Kier alpha value is -3.20. The van der Waals surface area contributed by atoms with Crippen molar-refractivity contribution in [2.45, 2.75) is 23.7 Å². The number of piperazine rings is 1. The number of halogens is 6. The molecular formula is C29H27ClF5N5O3S. The third-order valence-electron chi connectivity index (χ3n) is 8.22. The van der Waals surface area contributed by atoms with E-state index in [4.69, 9.17) is 16.3 Å². The van der Waals surface area contributed by atoms with Crippen LogP contribution in [-0.4, -0.2) is 89.5 Å². The Balaban J connectivity index is 1.61. The van der Waals surface area contributed by atoms with Crippen LogP contribution in [0, 0.1) is 11.6 Å². The normalized spacial score (nSPS) is 19.7. The second-order valence-corrected chi connectivity index (χ2v) is 12.2. The van der Waals surface area contributed by atoms with Crippen molar-refractivity contribution in [3.05, 3.63) is 63.6 Å². The molecule has 44 heavy (non-hydrogen) atoms. The zero-order valence-electron chi connectivity index (χ0n) is 23.3. The molecule has 1 atom stereocenters. The van der Waals surface area contributed by atoms with Crippen molar-refractivity contribution >= 4 is 46.0 Å². The Morgan fingerprint density at radius 3 is 2.43 bits per heavy atom. The largest absolute Gasteiger partial charge is 0.417 e. The molecule has 0 radical (unpaired) electrons. The third kappa shape index (κ3) is 5.57. The van der Waals surface area contributed by atoms with Crippen LogP contribution in [0.5, 0.6) is 0 Å². The lowest BCUT2D eigenvalue weighted by atomic mass is 9.95. The molecule has 15 heteroatoms. The van der Waals surface area contributed by atoms with Gasteiger partial charge in [-0.15, -0.1) is 11.8 Å². The summed E-state index contributed by atoms with van der Waals surface area (Å²) in [5, 5.41) is -0.464. The SMILES string of the molecule is C=CC(=O)N1CCN(c2nc(=O)n3c4c(c(-c5cc(Cl)c(F)cc5F)c(C(F)(F)F)cc24)SCC(N2CCOCC2)C3)CC1. The van der Waals surface area contributed by atoms with Crippen LogP contribution >= 0.6 is 23.4 Å². The van der Waals surface area contributed by atoms with Gasteiger partial charge in [-0.2, -0.15) is 18.2 Å². The summed E-state index contributed by atoms with van der Waals surface area (Å²) in [6.07, 6.45) is -3.77. The van der Waals surface area contributed by atoms with Gasteiger partial charge in [0.1, 0.15) is 17.5 Å². The number of hydrogen-bond donors (Lipinski definition) is 0. The van der Waals surface area contributed by atoms with Gasteiger partial charge in [0.15, 0.2) is 0 Å². The predicted octanol–water partition coefficient (Wildman–Crippen LogP) is 4.66. The number of carbonyl (C=O) groups excluding carboxylic acids is 1. The lowest BCUT2D eigenvalue weighted by Crippen LogP contribution is -2.49. The van der Waals surface area contributed by atoms with E-state index in [0.29, 0.717) is 38.1 Å². The molecular weight excluding hydrogens is 629 g/mol. The van der Waals surface area contributed by atoms with E-state index in [-0.39, 0.29) is 66.3 Å². The van der Waals surface area contributed by atoms with Gasteiger partial charge in [0.2, 0.25) is 5.91 Å². The molecule has 2 saturated heterocycles. The van der Waals surface area contributed by atoms with E-state index in [2.05, 4.69) is 16.5 Å². The minimum atomic E-state index is -4.96. The highest BCUT2D eigenvalue weighted by atomic mass is 35.5. The number of anilines is 1. The highest BCUT2D eigenvalue weighted by molar-refractivity contribution is 7.99. The Labute approximate surface area is 258 Å². The zero-order chi connectivity index (χ0) is 31.3. The number of aromatic nitrogens is 2. The molecule has 3 aromatic rings. The number of thioether (sulfide) groups is 1. The fourth-order valence-corrected chi connectivity index (χ4v) is 7.58. The molecule has 0 N–H and O–H groups in total. The maximum absolute atomic E-state index is 15.3. The Morgan fingerprint density at radius 1 is 1.07 bits per heavy atom. The first-order valence-corrected chi connectivity index (χ1v) is 15.3. The summed E-state index contributed by atoms with van der Waals surface area (Å²) in [7, 11) is 0. The predicted molar refractivity (Wildman–Crippen MR) is 157 cm³/mol. The molecule has 0 saturated carbocycles. The van der Waals surface area contributed by atoms with Crippen LogP contribution in [0.25, 0.3) is 22.0 Å². The van der Waals surface area contributed by atoms with Crippen LogP contribution in [0.3, 0.4) is 0 Å². The molecule has 234 valence electrons. The first kappa shape index (κ1) is 30.8. The van der Waals surface area contributed by atoms with Gasteiger partial charge in [0.25, 0.3) is 0 Å². The minimum absolute atomic E-state index is 0.0355. The molecule has 8 nitrogen and oxygen atoms in total. The van der Waals surface area contributed by atoms with Gasteiger partial charge in [-0.25, -0.2) is 13.6 Å². The Kier molecular flexibility index (Phi) is 8.37. The Morgan fingerprint density at radius 2 is 1.77 bits per heavy atom. The first-order valence-electron chi connectivity index (χ1n) is 13.9. The number of amides is 1. The summed E-state index contributed by atoms with van der Waals surface area (Å²) >= 11 is 7.05. The second-order valence-electron chi connectivity index (χ2n) is 10.7. The van der Waals surface area contributed by atoms with Crippen LogP contribution < -0.4 is 10.6 Å². The maximum atomic E-state index is 15.3. The summed E-state index contributed by atoms with van der Waals surface area (Å²) in [5.41, 5.74) is -2.67. The van der Waals surface area contributed by atoms with Crippen molar-refractivity contribution in [1.82, 2.24) is 19.4 Å². The summed E-state index contributed by atoms with van der Waals surface area (Å²) in [5.74, 6) is -2.26. The molecule has 1 unspecified atom stereocenters. The van der Waals surface area contributed by atoms with Gasteiger partial charge in [-0.1, -0.05) is 18.2 Å². The fraction of sp³-hybridized carbons (Fsp3) is 0.414. The van der Waals surface area contributed by atoms with Gasteiger partial charge in [-0.05, 0) is 18.2 Å². The summed E-state index contributed by atoms with van der Waals surface area (Å²) < 4.78 is 81.0. The second kappa shape index (κ2) is 12.0. The van der Waals surface area contributed by atoms with E-state index in [0.717, 1.165) is 23.9 Å². The van der Waals surface area contributed by atoms with E-state index >= 15 is 4.39 Å². The van der Waals surface area contributed by atoms with E-state index in [1.54, 1.807) is 9.80 Å². The van der Waals surface area contributed by atoms with Crippen molar-refractivity contribution in [3.8, 4) is 11.1 Å². The smallest absolute Gasteiger partial charge is 0.379 e. The van der Waals surface area contributed by atoms with Crippen LogP contribution in [0.2, 0.25) is 5.02 Å². The third-order valence-corrected chi connectivity index (χ3v) is 9.75. The Bertz CT molecular complexity index is 1700. The maximum Gasteiger partial charge on any atom is 0.417 e. The van der Waals surface area contributed by atoms with Crippen LogP contribution in [0.4, 0.5) is 27.8 Å². The van der Waals surface area contributed by atoms with E-state index in [1.165, 1.54) is 10.6 Å². The van der Waals surface area contributed by atoms with Crippen LogP contribution in [-0.2, 0) is 22.3 Å². The topological polar surface area (TPSA) is 70.9 Å². The van der Waals surface area contributed by atoms with Gasteiger partial charge < -0.3 is 14.5 Å². The minimum Gasteiger partial charge on any atom is -0.379 e. The monoisotopic (exact) mass is 655 g/mol. The zero-order valence-corrected chi connectivity index (χ0v) is 24.9. The molecule has 1 aromatic heterocycles. The lowest BCUT2D eigenvalue weighted by Gasteiger charge is -2.36. The lowest BCUT2D eigenvalue weighted by molar-refractivity contribution is -0.137. The highest BCUT2D eigenvalue weighted by Gasteiger charge is 2.40. The molecule has 3 aliphatic heterocycles. The molecule has 2 fully saturated rings. The van der Waals surface area contributed by atoms with E-state index < -0.39 is 45.2 Å². The molecule has 4 heterocycles. The molecule has 2 aromatic carbocycles. The van der Waals surface area contributed by atoms with E-state index in [9.17, 15) is 27.2 Å². The molecule has 0 bridgehead atoms. The molecule has 1 amide bonds. The number of alkyl halides is 3. The average Bonchev–Trinajstić information content (AvgIpc) is 3.22. The average molecular weight is 656 g/mol. The van der Waals surface area contributed by atoms with Crippen molar-refractivity contribution in [3.63, 3.8) is 0 Å². The van der Waals surface area contributed by atoms with Crippen molar-refractivity contribution in [2.24, 2.45) is 0 Å². The number of carbonyl (C=O) groups is 1. The van der Waals surface area contributed by atoms with E-state index in [1.807, 2.05) is 0 Å². The number of hydrogen-bond acceptors (Lipinski definition) is 7. The number of benzene rings is 2. The number of morpholine rings is 1. The van der Waals surface area contributed by atoms with Crippen molar-refractivity contribution in [1.29, 1.82) is 0 Å². The number of nitrogens with zero attached hydrogens (tertiary/aromatic N) is 5. The van der Waals surface area contributed by atoms with Gasteiger partial charge in [0.05, 0.1) is 29.3 Å². The van der Waals surface area contributed by atoms with Gasteiger partial charge in [0, 0.05) is 85.1 Å².